The van der Waals surface area contributed by atoms with Crippen molar-refractivity contribution in [1.29, 1.82) is 0 Å². The fourth-order valence-electron chi connectivity index (χ4n) is 3.74. The zero-order chi connectivity index (χ0) is 21.8. The molecule has 0 unspecified atom stereocenters. The molecular formula is C24H26N2O4S. The zero-order valence-electron chi connectivity index (χ0n) is 17.5. The third kappa shape index (κ3) is 4.89. The fraction of sp³-hybridized carbons (Fsp3) is 0.292. The number of hydrogen-bond acceptors (Lipinski definition) is 4. The Bertz CT molecular complexity index is 1200. The van der Waals surface area contributed by atoms with Crippen molar-refractivity contribution < 1.29 is 17.9 Å². The second kappa shape index (κ2) is 9.08. The Balaban J connectivity index is 1.44. The van der Waals surface area contributed by atoms with Gasteiger partial charge in [-0.05, 0) is 60.4 Å². The molecule has 3 aromatic carbocycles. The highest BCUT2D eigenvalue weighted by Gasteiger charge is 2.26. The number of sulfonamides is 1. The Hall–Kier alpha value is -2.90. The Morgan fingerprint density at radius 3 is 2.48 bits per heavy atom. The van der Waals surface area contributed by atoms with Gasteiger partial charge in [0.15, 0.2) is 6.61 Å². The SMILES string of the molecule is Cc1ccc(S(=O)(=O)N2CCCCC2)cc1NC(=O)COc1ccc2ccccc2c1. The molecule has 1 aliphatic rings. The number of nitrogens with zero attached hydrogens (tertiary/aromatic N) is 1. The topological polar surface area (TPSA) is 75.7 Å². The van der Waals surface area contributed by atoms with E-state index in [1.54, 1.807) is 12.1 Å². The van der Waals surface area contributed by atoms with Crippen LogP contribution >= 0.6 is 0 Å². The monoisotopic (exact) mass is 438 g/mol. The molecule has 1 aliphatic heterocycles. The summed E-state index contributed by atoms with van der Waals surface area (Å²) in [5.74, 6) is 0.260. The molecule has 4 rings (SSSR count). The second-order valence-electron chi connectivity index (χ2n) is 7.79. The molecule has 1 amide bonds. The number of hydrogen-bond donors (Lipinski definition) is 1. The summed E-state index contributed by atoms with van der Waals surface area (Å²) >= 11 is 0. The minimum Gasteiger partial charge on any atom is -0.484 e. The predicted molar refractivity (Wildman–Crippen MR) is 122 cm³/mol. The van der Waals surface area contributed by atoms with Crippen LogP contribution in [-0.2, 0) is 14.8 Å². The summed E-state index contributed by atoms with van der Waals surface area (Å²) in [7, 11) is -3.56. The standard InChI is InChI=1S/C24H26N2O4S/c1-18-9-12-22(31(28,29)26-13-5-2-6-14-26)16-23(18)25-24(27)17-30-21-11-10-19-7-3-4-8-20(19)15-21/h3-4,7-12,15-16H,2,5-6,13-14,17H2,1H3,(H,25,27). The van der Waals surface area contributed by atoms with Gasteiger partial charge in [-0.25, -0.2) is 8.42 Å². The van der Waals surface area contributed by atoms with Crippen LogP contribution in [0, 0.1) is 6.92 Å². The van der Waals surface area contributed by atoms with E-state index in [4.69, 9.17) is 4.74 Å². The van der Waals surface area contributed by atoms with E-state index in [0.717, 1.165) is 35.6 Å². The quantitative estimate of drug-likeness (QED) is 0.621. The molecule has 31 heavy (non-hydrogen) atoms. The van der Waals surface area contributed by atoms with Crippen LogP contribution in [0.25, 0.3) is 10.8 Å². The summed E-state index contributed by atoms with van der Waals surface area (Å²) in [6.07, 6.45) is 2.81. The predicted octanol–water partition coefficient (Wildman–Crippen LogP) is 4.34. The van der Waals surface area contributed by atoms with Crippen LogP contribution in [-0.4, -0.2) is 38.3 Å². The van der Waals surface area contributed by atoms with E-state index in [-0.39, 0.29) is 17.4 Å². The minimum absolute atomic E-state index is 0.166. The molecule has 0 radical (unpaired) electrons. The maximum absolute atomic E-state index is 12.9. The third-order valence-corrected chi connectivity index (χ3v) is 7.42. The van der Waals surface area contributed by atoms with Crippen molar-refractivity contribution in [1.82, 2.24) is 4.31 Å². The molecule has 1 heterocycles. The van der Waals surface area contributed by atoms with E-state index in [0.29, 0.717) is 24.5 Å². The molecule has 1 fully saturated rings. The smallest absolute Gasteiger partial charge is 0.262 e. The summed E-state index contributed by atoms with van der Waals surface area (Å²) in [4.78, 5) is 12.7. The van der Waals surface area contributed by atoms with Crippen LogP contribution in [0.4, 0.5) is 5.69 Å². The average Bonchev–Trinajstić information content (AvgIpc) is 2.79. The first-order valence-electron chi connectivity index (χ1n) is 10.5. The number of fused-ring (bicyclic) bond motifs is 1. The molecule has 7 heteroatoms. The van der Waals surface area contributed by atoms with Gasteiger partial charge in [0.2, 0.25) is 10.0 Å². The van der Waals surface area contributed by atoms with Crippen LogP contribution in [0.15, 0.2) is 65.6 Å². The Morgan fingerprint density at radius 2 is 1.71 bits per heavy atom. The van der Waals surface area contributed by atoms with Crippen molar-refractivity contribution in [2.24, 2.45) is 0 Å². The van der Waals surface area contributed by atoms with Crippen molar-refractivity contribution >= 4 is 32.4 Å². The highest BCUT2D eigenvalue weighted by Crippen LogP contribution is 2.25. The number of carbonyl (C=O) groups is 1. The Morgan fingerprint density at radius 1 is 0.968 bits per heavy atom. The first kappa shape index (κ1) is 21.3. The molecule has 0 atom stereocenters. The maximum atomic E-state index is 12.9. The molecule has 3 aromatic rings. The van der Waals surface area contributed by atoms with Gasteiger partial charge in [0.1, 0.15) is 5.75 Å². The van der Waals surface area contributed by atoms with Gasteiger partial charge in [-0.3, -0.25) is 4.79 Å². The number of piperidine rings is 1. The van der Waals surface area contributed by atoms with E-state index in [2.05, 4.69) is 5.32 Å². The maximum Gasteiger partial charge on any atom is 0.262 e. The molecule has 1 saturated heterocycles. The van der Waals surface area contributed by atoms with E-state index >= 15 is 0 Å². The Labute approximate surface area is 182 Å². The lowest BCUT2D eigenvalue weighted by molar-refractivity contribution is -0.118. The molecule has 1 N–H and O–H groups in total. The van der Waals surface area contributed by atoms with Crippen LogP contribution in [0.5, 0.6) is 5.75 Å². The van der Waals surface area contributed by atoms with E-state index in [1.165, 1.54) is 10.4 Å². The molecule has 6 nitrogen and oxygen atoms in total. The number of nitrogens with one attached hydrogen (secondary N) is 1. The molecule has 0 spiro atoms. The fourth-order valence-corrected chi connectivity index (χ4v) is 5.29. The van der Waals surface area contributed by atoms with Crippen molar-refractivity contribution in [2.45, 2.75) is 31.1 Å². The number of rotatable bonds is 6. The number of aryl methyl sites for hydroxylation is 1. The highest BCUT2D eigenvalue weighted by molar-refractivity contribution is 7.89. The van der Waals surface area contributed by atoms with Crippen molar-refractivity contribution in [2.75, 3.05) is 25.0 Å². The van der Waals surface area contributed by atoms with Crippen LogP contribution in [0.2, 0.25) is 0 Å². The number of carbonyl (C=O) groups excluding carboxylic acids is 1. The van der Waals surface area contributed by atoms with E-state index < -0.39 is 10.0 Å². The lowest BCUT2D eigenvalue weighted by Gasteiger charge is -2.26. The van der Waals surface area contributed by atoms with Crippen LogP contribution in [0.1, 0.15) is 24.8 Å². The van der Waals surface area contributed by atoms with Gasteiger partial charge in [-0.2, -0.15) is 4.31 Å². The first-order chi connectivity index (χ1) is 14.9. The van der Waals surface area contributed by atoms with Gasteiger partial charge in [0.25, 0.3) is 5.91 Å². The normalized spacial score (nSPS) is 15.0. The second-order valence-corrected chi connectivity index (χ2v) is 9.73. The Kier molecular flexibility index (Phi) is 6.25. The first-order valence-corrected chi connectivity index (χ1v) is 11.9. The summed E-state index contributed by atoms with van der Waals surface area (Å²) in [6, 6.07) is 18.4. The molecule has 0 bridgehead atoms. The molecule has 0 saturated carbocycles. The van der Waals surface area contributed by atoms with Gasteiger partial charge >= 0.3 is 0 Å². The summed E-state index contributed by atoms with van der Waals surface area (Å²) in [5.41, 5.74) is 1.27. The van der Waals surface area contributed by atoms with Crippen LogP contribution in [0.3, 0.4) is 0 Å². The zero-order valence-corrected chi connectivity index (χ0v) is 18.3. The summed E-state index contributed by atoms with van der Waals surface area (Å²) in [6.45, 7) is 2.74. The van der Waals surface area contributed by atoms with Gasteiger partial charge in [0.05, 0.1) is 4.90 Å². The van der Waals surface area contributed by atoms with E-state index in [9.17, 15) is 13.2 Å². The summed E-state index contributed by atoms with van der Waals surface area (Å²) in [5, 5.41) is 4.92. The van der Waals surface area contributed by atoms with Gasteiger partial charge in [0, 0.05) is 18.8 Å². The van der Waals surface area contributed by atoms with E-state index in [1.807, 2.05) is 49.4 Å². The molecule has 0 aromatic heterocycles. The average molecular weight is 439 g/mol. The van der Waals surface area contributed by atoms with Crippen LogP contribution < -0.4 is 10.1 Å². The summed E-state index contributed by atoms with van der Waals surface area (Å²) < 4.78 is 33.1. The lowest BCUT2D eigenvalue weighted by atomic mass is 10.1. The number of ether oxygens (including phenoxy) is 1. The number of anilines is 1. The minimum atomic E-state index is -3.56. The van der Waals surface area contributed by atoms with Crippen molar-refractivity contribution in [3.8, 4) is 5.75 Å². The highest BCUT2D eigenvalue weighted by atomic mass is 32.2. The number of benzene rings is 3. The molecule has 0 aliphatic carbocycles. The molecular weight excluding hydrogens is 412 g/mol. The van der Waals surface area contributed by atoms with Gasteiger partial charge < -0.3 is 10.1 Å². The lowest BCUT2D eigenvalue weighted by Crippen LogP contribution is -2.35. The number of amides is 1. The molecule has 162 valence electrons. The van der Waals surface area contributed by atoms with Gasteiger partial charge in [-0.1, -0.05) is 42.8 Å². The largest absolute Gasteiger partial charge is 0.484 e. The van der Waals surface area contributed by atoms with Gasteiger partial charge in [-0.15, -0.1) is 0 Å². The van der Waals surface area contributed by atoms with Crippen molar-refractivity contribution in [3.63, 3.8) is 0 Å². The third-order valence-electron chi connectivity index (χ3n) is 5.53. The van der Waals surface area contributed by atoms with Crippen molar-refractivity contribution in [3.05, 3.63) is 66.2 Å².